The van der Waals surface area contributed by atoms with Crippen LogP contribution >= 0.6 is 0 Å². The highest BCUT2D eigenvalue weighted by Crippen LogP contribution is 2.26. The molecular weight excluding hydrogens is 528 g/mol. The van der Waals surface area contributed by atoms with Crippen LogP contribution in [0.4, 0.5) is 17.3 Å². The summed E-state index contributed by atoms with van der Waals surface area (Å²) in [6, 6.07) is 16.2. The predicted molar refractivity (Wildman–Crippen MR) is 166 cm³/mol. The monoisotopic (exact) mass is 566 g/mol. The van der Waals surface area contributed by atoms with Crippen LogP contribution in [0.15, 0.2) is 66.9 Å². The summed E-state index contributed by atoms with van der Waals surface area (Å²) in [6.45, 7) is 8.34. The first-order chi connectivity index (χ1) is 20.7. The van der Waals surface area contributed by atoms with Crippen LogP contribution < -0.4 is 15.4 Å². The number of carbonyl (C=O) groups excluding carboxylic acids is 1. The SMILES string of the molecule is CC#CC(=O)N1CCN(CCCNc2cc3cc(c2)Nc2nccc(n2)-c2cccc(c2)OCC/C=C/COC3)CC1. The second kappa shape index (κ2) is 15.0. The van der Waals surface area contributed by atoms with E-state index in [2.05, 4.69) is 56.6 Å². The maximum absolute atomic E-state index is 12.0. The van der Waals surface area contributed by atoms with Gasteiger partial charge < -0.3 is 25.0 Å². The third-order valence-corrected chi connectivity index (χ3v) is 7.11. The number of hydrogen-bond acceptors (Lipinski definition) is 8. The number of anilines is 3. The van der Waals surface area contributed by atoms with Crippen LogP contribution in [0.5, 0.6) is 5.75 Å². The average Bonchev–Trinajstić information content (AvgIpc) is 3.01. The average molecular weight is 567 g/mol. The van der Waals surface area contributed by atoms with E-state index in [4.69, 9.17) is 14.5 Å². The lowest BCUT2D eigenvalue weighted by Gasteiger charge is -2.33. The van der Waals surface area contributed by atoms with Gasteiger partial charge in [-0.1, -0.05) is 30.2 Å². The maximum atomic E-state index is 12.0. The highest BCUT2D eigenvalue weighted by Gasteiger charge is 2.19. The number of ether oxygens (including phenoxy) is 2. The van der Waals surface area contributed by atoms with E-state index in [1.165, 1.54) is 0 Å². The van der Waals surface area contributed by atoms with Crippen molar-refractivity contribution in [1.29, 1.82) is 0 Å². The molecule has 218 valence electrons. The summed E-state index contributed by atoms with van der Waals surface area (Å²) in [5, 5.41) is 6.97. The van der Waals surface area contributed by atoms with Crippen LogP contribution in [0.2, 0.25) is 0 Å². The molecule has 0 unspecified atom stereocenters. The number of rotatable bonds is 5. The Morgan fingerprint density at radius 2 is 2.00 bits per heavy atom. The first-order valence-corrected chi connectivity index (χ1v) is 14.5. The van der Waals surface area contributed by atoms with Gasteiger partial charge in [0.1, 0.15) is 5.75 Å². The zero-order valence-corrected chi connectivity index (χ0v) is 24.1. The van der Waals surface area contributed by atoms with Crippen LogP contribution in [0.3, 0.4) is 0 Å². The van der Waals surface area contributed by atoms with Gasteiger partial charge in [0.25, 0.3) is 5.91 Å². The molecule has 0 spiro atoms. The number of amides is 1. The Labute approximate surface area is 247 Å². The minimum Gasteiger partial charge on any atom is -0.493 e. The number of benzene rings is 2. The highest BCUT2D eigenvalue weighted by atomic mass is 16.5. The molecule has 9 heteroatoms. The first-order valence-electron chi connectivity index (χ1n) is 14.5. The van der Waals surface area contributed by atoms with Crippen LogP contribution in [0, 0.1) is 11.8 Å². The molecule has 1 saturated heterocycles. The summed E-state index contributed by atoms with van der Waals surface area (Å²) in [5.41, 5.74) is 4.75. The molecule has 0 aliphatic carbocycles. The summed E-state index contributed by atoms with van der Waals surface area (Å²) in [4.78, 5) is 25.5. The van der Waals surface area contributed by atoms with Crippen molar-refractivity contribution in [2.24, 2.45) is 0 Å². The lowest BCUT2D eigenvalue weighted by atomic mass is 10.1. The molecule has 1 aromatic heterocycles. The van der Waals surface area contributed by atoms with E-state index in [0.29, 0.717) is 25.8 Å². The number of fused-ring (bicyclic) bond motifs is 7. The molecule has 3 aromatic rings. The lowest BCUT2D eigenvalue weighted by molar-refractivity contribution is -0.126. The Morgan fingerprint density at radius 3 is 2.88 bits per heavy atom. The van der Waals surface area contributed by atoms with Gasteiger partial charge >= 0.3 is 0 Å². The van der Waals surface area contributed by atoms with E-state index in [0.717, 1.165) is 86.1 Å². The standard InChI is InChI=1S/C33H38N6O3/c1-2-8-32(40)39-17-15-38(16-18-39)14-7-12-34-28-21-26-22-29(24-28)36-33-35-13-11-31(37-33)27-9-6-10-30(23-27)42-20-5-3-4-19-41-25-26/h3-4,6,9-11,13,21-24,34H,5,7,12,14-20,25H2,1H3,(H,35,36,37)/b4-3+. The number of carbonyl (C=O) groups is 1. The molecule has 6 bridgehead atoms. The van der Waals surface area contributed by atoms with Gasteiger partial charge in [-0.25, -0.2) is 9.97 Å². The Balaban J connectivity index is 1.24. The summed E-state index contributed by atoms with van der Waals surface area (Å²) in [5.74, 6) is 6.60. The van der Waals surface area contributed by atoms with E-state index in [9.17, 15) is 4.79 Å². The van der Waals surface area contributed by atoms with Gasteiger partial charge in [0, 0.05) is 55.9 Å². The molecule has 3 heterocycles. The largest absolute Gasteiger partial charge is 0.493 e. The fourth-order valence-corrected chi connectivity index (χ4v) is 4.98. The Bertz CT molecular complexity index is 1440. The van der Waals surface area contributed by atoms with Gasteiger partial charge in [0.2, 0.25) is 5.95 Å². The lowest BCUT2D eigenvalue weighted by Crippen LogP contribution is -2.48. The Morgan fingerprint density at radius 1 is 1.10 bits per heavy atom. The Kier molecular flexibility index (Phi) is 10.4. The van der Waals surface area contributed by atoms with Crippen molar-refractivity contribution in [3.05, 3.63) is 72.4 Å². The van der Waals surface area contributed by atoms with Crippen molar-refractivity contribution in [1.82, 2.24) is 19.8 Å². The van der Waals surface area contributed by atoms with Crippen LogP contribution in [-0.2, 0) is 16.1 Å². The predicted octanol–water partition coefficient (Wildman–Crippen LogP) is 4.71. The minimum atomic E-state index is -0.0711. The van der Waals surface area contributed by atoms with E-state index >= 15 is 0 Å². The van der Waals surface area contributed by atoms with Gasteiger partial charge in [0.05, 0.1) is 25.5 Å². The van der Waals surface area contributed by atoms with Crippen LogP contribution in [-0.4, -0.2) is 78.2 Å². The number of nitrogens with zero attached hydrogens (tertiary/aromatic N) is 4. The minimum absolute atomic E-state index is 0.0711. The smallest absolute Gasteiger partial charge is 0.298 e. The van der Waals surface area contributed by atoms with E-state index in [1.807, 2.05) is 41.3 Å². The van der Waals surface area contributed by atoms with Gasteiger partial charge in [-0.05, 0) is 74.2 Å². The number of piperazine rings is 1. The molecule has 2 aromatic carbocycles. The second-order valence-electron chi connectivity index (χ2n) is 10.2. The Hall–Kier alpha value is -4.39. The maximum Gasteiger partial charge on any atom is 0.298 e. The fourth-order valence-electron chi connectivity index (χ4n) is 4.98. The molecule has 0 atom stereocenters. The van der Waals surface area contributed by atoms with Gasteiger partial charge in [0.15, 0.2) is 0 Å². The zero-order valence-electron chi connectivity index (χ0n) is 24.1. The molecule has 0 saturated carbocycles. The summed E-state index contributed by atoms with van der Waals surface area (Å²) in [7, 11) is 0. The van der Waals surface area contributed by atoms with Gasteiger partial charge in [-0.15, -0.1) is 0 Å². The summed E-state index contributed by atoms with van der Waals surface area (Å²) in [6.07, 6.45) is 7.69. The molecule has 5 rings (SSSR count). The van der Waals surface area contributed by atoms with Crippen molar-refractivity contribution < 1.29 is 14.3 Å². The molecule has 1 amide bonds. The van der Waals surface area contributed by atoms with Crippen molar-refractivity contribution in [2.75, 3.05) is 63.1 Å². The molecule has 2 aliphatic rings. The van der Waals surface area contributed by atoms with E-state index in [1.54, 1.807) is 13.1 Å². The normalized spacial score (nSPS) is 16.5. The topological polar surface area (TPSA) is 91.9 Å². The van der Waals surface area contributed by atoms with Crippen LogP contribution in [0.25, 0.3) is 11.3 Å². The molecule has 1 fully saturated rings. The van der Waals surface area contributed by atoms with Crippen molar-refractivity contribution in [3.8, 4) is 28.8 Å². The van der Waals surface area contributed by atoms with Crippen molar-refractivity contribution >= 4 is 23.2 Å². The highest BCUT2D eigenvalue weighted by molar-refractivity contribution is 5.93. The molecular formula is C33H38N6O3. The molecule has 42 heavy (non-hydrogen) atoms. The molecule has 0 radical (unpaired) electrons. The van der Waals surface area contributed by atoms with E-state index < -0.39 is 0 Å². The summed E-state index contributed by atoms with van der Waals surface area (Å²) < 4.78 is 11.9. The third-order valence-electron chi connectivity index (χ3n) is 7.11. The second-order valence-corrected chi connectivity index (χ2v) is 10.2. The van der Waals surface area contributed by atoms with Crippen molar-refractivity contribution in [3.63, 3.8) is 0 Å². The third kappa shape index (κ3) is 8.56. The van der Waals surface area contributed by atoms with Crippen LogP contribution in [0.1, 0.15) is 25.3 Å². The number of nitrogens with one attached hydrogen (secondary N) is 2. The fraction of sp³-hybridized carbons (Fsp3) is 0.364. The quantitative estimate of drug-likeness (QED) is 0.261. The zero-order chi connectivity index (χ0) is 29.0. The van der Waals surface area contributed by atoms with Gasteiger partial charge in [-0.3, -0.25) is 9.69 Å². The van der Waals surface area contributed by atoms with E-state index in [-0.39, 0.29) is 5.91 Å². The number of hydrogen-bond donors (Lipinski definition) is 2. The summed E-state index contributed by atoms with van der Waals surface area (Å²) >= 11 is 0. The van der Waals surface area contributed by atoms with Gasteiger partial charge in [-0.2, -0.15) is 0 Å². The number of aromatic nitrogens is 2. The molecule has 2 aliphatic heterocycles. The van der Waals surface area contributed by atoms with Crippen molar-refractivity contribution in [2.45, 2.75) is 26.4 Å². The molecule has 9 nitrogen and oxygen atoms in total. The first kappa shape index (κ1) is 29.1. The molecule has 2 N–H and O–H groups in total.